The number of aryl methyl sites for hydroxylation is 4. The Kier molecular flexibility index (Phi) is 6.16. The van der Waals surface area contributed by atoms with E-state index in [2.05, 4.69) is 5.16 Å². The van der Waals surface area contributed by atoms with Crippen LogP contribution in [0.3, 0.4) is 0 Å². The fraction of sp³-hybridized carbons (Fsp3) is 0.320. The lowest BCUT2D eigenvalue weighted by Crippen LogP contribution is -2.15. The summed E-state index contributed by atoms with van der Waals surface area (Å²) in [4.78, 5) is 25.0. The molecule has 1 heterocycles. The van der Waals surface area contributed by atoms with Crippen LogP contribution in [-0.2, 0) is 24.2 Å². The fourth-order valence-corrected chi connectivity index (χ4v) is 3.78. The van der Waals surface area contributed by atoms with Gasteiger partial charge in [-0.1, -0.05) is 23.4 Å². The number of carbonyl (C=O) groups is 2. The number of esters is 1. The number of aromatic nitrogens is 1. The third-order valence-corrected chi connectivity index (χ3v) is 5.64. The molecule has 1 aliphatic carbocycles. The van der Waals surface area contributed by atoms with E-state index in [-0.39, 0.29) is 19.0 Å². The van der Waals surface area contributed by atoms with Crippen molar-refractivity contribution in [2.75, 3.05) is 6.61 Å². The van der Waals surface area contributed by atoms with Crippen LogP contribution in [-0.4, -0.2) is 23.5 Å². The van der Waals surface area contributed by atoms with Gasteiger partial charge in [0.05, 0.1) is 16.8 Å². The molecule has 3 aromatic rings. The van der Waals surface area contributed by atoms with Crippen LogP contribution in [0.15, 0.2) is 47.0 Å². The van der Waals surface area contributed by atoms with Crippen LogP contribution in [0, 0.1) is 13.8 Å². The smallest absolute Gasteiger partial charge is 0.338 e. The molecule has 0 N–H and O–H groups in total. The van der Waals surface area contributed by atoms with Gasteiger partial charge in [0.2, 0.25) is 0 Å². The number of benzene rings is 2. The summed E-state index contributed by atoms with van der Waals surface area (Å²) >= 11 is 0. The van der Waals surface area contributed by atoms with Crippen LogP contribution in [0.1, 0.15) is 61.7 Å². The number of Topliss-reactive ketones (excluding diaryl/α,β-unsaturated/α-hetero) is 1. The van der Waals surface area contributed by atoms with E-state index >= 15 is 0 Å². The summed E-state index contributed by atoms with van der Waals surface area (Å²) in [6, 6.07) is 12.5. The molecule has 0 fully saturated rings. The summed E-state index contributed by atoms with van der Waals surface area (Å²) in [6.45, 7) is 3.67. The predicted molar refractivity (Wildman–Crippen MR) is 114 cm³/mol. The minimum Gasteiger partial charge on any atom is -0.489 e. The predicted octanol–water partition coefficient (Wildman–Crippen LogP) is 4.79. The van der Waals surface area contributed by atoms with Crippen LogP contribution in [0.2, 0.25) is 0 Å². The summed E-state index contributed by atoms with van der Waals surface area (Å²) in [5, 5.41) is 3.90. The highest BCUT2D eigenvalue weighted by molar-refractivity contribution is 5.99. The first-order chi connectivity index (χ1) is 15.0. The van der Waals surface area contributed by atoms with E-state index in [9.17, 15) is 9.59 Å². The molecule has 0 saturated carbocycles. The molecule has 0 saturated heterocycles. The number of hydrogen-bond acceptors (Lipinski definition) is 6. The minimum atomic E-state index is -0.561. The van der Waals surface area contributed by atoms with Gasteiger partial charge in [0.15, 0.2) is 12.4 Å². The van der Waals surface area contributed by atoms with Gasteiger partial charge in [-0.3, -0.25) is 4.79 Å². The molecule has 1 aromatic heterocycles. The normalized spacial score (nSPS) is 12.8. The number of ketones is 1. The van der Waals surface area contributed by atoms with Crippen molar-refractivity contribution in [1.29, 1.82) is 0 Å². The van der Waals surface area contributed by atoms with Crippen molar-refractivity contribution in [1.82, 2.24) is 5.16 Å². The third-order valence-electron chi connectivity index (χ3n) is 5.64. The van der Waals surface area contributed by atoms with E-state index in [1.54, 1.807) is 24.3 Å². The molecular weight excluding hydrogens is 394 g/mol. The molecule has 0 radical (unpaired) electrons. The monoisotopic (exact) mass is 419 g/mol. The largest absolute Gasteiger partial charge is 0.489 e. The van der Waals surface area contributed by atoms with Gasteiger partial charge in [0, 0.05) is 5.56 Å². The Morgan fingerprint density at radius 3 is 2.58 bits per heavy atom. The Balaban J connectivity index is 1.35. The highest BCUT2D eigenvalue weighted by Gasteiger charge is 2.16. The van der Waals surface area contributed by atoms with Gasteiger partial charge < -0.3 is 14.0 Å². The molecule has 1 aliphatic rings. The quantitative estimate of drug-likeness (QED) is 0.405. The Morgan fingerprint density at radius 1 is 1.00 bits per heavy atom. The van der Waals surface area contributed by atoms with Gasteiger partial charge in [-0.25, -0.2) is 4.79 Å². The summed E-state index contributed by atoms with van der Waals surface area (Å²) in [5.74, 6) is 0.464. The second-order valence-corrected chi connectivity index (χ2v) is 7.81. The van der Waals surface area contributed by atoms with E-state index in [0.29, 0.717) is 22.6 Å². The van der Waals surface area contributed by atoms with Gasteiger partial charge in [-0.15, -0.1) is 0 Å². The molecule has 0 amide bonds. The number of rotatable bonds is 7. The number of ether oxygens (including phenoxy) is 2. The maximum Gasteiger partial charge on any atom is 0.338 e. The molecule has 0 aliphatic heterocycles. The maximum absolute atomic E-state index is 12.5. The number of nitrogens with zero attached hydrogens (tertiary/aromatic N) is 1. The van der Waals surface area contributed by atoms with Gasteiger partial charge in [0.1, 0.15) is 18.1 Å². The van der Waals surface area contributed by atoms with Gasteiger partial charge in [0.25, 0.3) is 0 Å². The SMILES string of the molecule is Cc1noc(C)c1COc1cccc(C(=O)OCC(=O)c2ccc3c(c2)CCCC3)c1. The minimum absolute atomic E-state index is 0.201. The van der Waals surface area contributed by atoms with Gasteiger partial charge in [-0.2, -0.15) is 0 Å². The molecule has 0 unspecified atom stereocenters. The summed E-state index contributed by atoms with van der Waals surface area (Å²) in [7, 11) is 0. The van der Waals surface area contributed by atoms with Gasteiger partial charge >= 0.3 is 5.97 Å². The Morgan fingerprint density at radius 2 is 1.81 bits per heavy atom. The lowest BCUT2D eigenvalue weighted by atomic mass is 9.90. The average Bonchev–Trinajstić information content (AvgIpc) is 3.12. The molecule has 6 heteroatoms. The molecule has 31 heavy (non-hydrogen) atoms. The van der Waals surface area contributed by atoms with Crippen LogP contribution in [0.5, 0.6) is 5.75 Å². The van der Waals surface area contributed by atoms with Crippen molar-refractivity contribution < 1.29 is 23.6 Å². The van der Waals surface area contributed by atoms with Crippen molar-refractivity contribution >= 4 is 11.8 Å². The molecule has 0 spiro atoms. The second-order valence-electron chi connectivity index (χ2n) is 7.81. The average molecular weight is 419 g/mol. The Labute approximate surface area is 181 Å². The molecule has 160 valence electrons. The second kappa shape index (κ2) is 9.16. The first-order valence-electron chi connectivity index (χ1n) is 10.5. The topological polar surface area (TPSA) is 78.6 Å². The van der Waals surface area contributed by atoms with Crippen LogP contribution >= 0.6 is 0 Å². The van der Waals surface area contributed by atoms with Crippen molar-refractivity contribution in [3.63, 3.8) is 0 Å². The zero-order chi connectivity index (χ0) is 21.8. The Hall–Kier alpha value is -3.41. The highest BCUT2D eigenvalue weighted by Crippen LogP contribution is 2.23. The van der Waals surface area contributed by atoms with Crippen molar-refractivity contribution in [2.24, 2.45) is 0 Å². The summed E-state index contributed by atoms with van der Waals surface area (Å²) < 4.78 is 16.2. The molecule has 4 rings (SSSR count). The highest BCUT2D eigenvalue weighted by atomic mass is 16.5. The number of fused-ring (bicyclic) bond motifs is 1. The van der Waals surface area contributed by atoms with E-state index in [0.717, 1.165) is 30.5 Å². The fourth-order valence-electron chi connectivity index (χ4n) is 3.78. The standard InChI is InChI=1S/C25H25NO5/c1-16-23(17(2)31-26-16)14-29-22-9-5-8-21(13-22)25(28)30-15-24(27)20-11-10-18-6-3-4-7-19(18)12-20/h5,8-13H,3-4,6-7,14-15H2,1-2H3. The zero-order valence-electron chi connectivity index (χ0n) is 17.8. The first-order valence-corrected chi connectivity index (χ1v) is 10.5. The molecular formula is C25H25NO5. The Bertz CT molecular complexity index is 1100. The number of hydrogen-bond donors (Lipinski definition) is 0. The number of carbonyl (C=O) groups excluding carboxylic acids is 2. The van der Waals surface area contributed by atoms with Gasteiger partial charge in [-0.05, 0) is 74.9 Å². The molecule has 6 nitrogen and oxygen atoms in total. The van der Waals surface area contributed by atoms with Crippen molar-refractivity contribution in [3.05, 3.63) is 81.7 Å². The van der Waals surface area contributed by atoms with E-state index in [1.165, 1.54) is 17.5 Å². The summed E-state index contributed by atoms with van der Waals surface area (Å²) in [5.41, 5.74) is 5.11. The van der Waals surface area contributed by atoms with Crippen molar-refractivity contribution in [3.8, 4) is 5.75 Å². The molecule has 2 aromatic carbocycles. The van der Waals surface area contributed by atoms with E-state index < -0.39 is 5.97 Å². The molecule has 0 atom stereocenters. The first kappa shape index (κ1) is 20.8. The lowest BCUT2D eigenvalue weighted by molar-refractivity contribution is 0.0474. The van der Waals surface area contributed by atoms with Crippen LogP contribution in [0.4, 0.5) is 0 Å². The van der Waals surface area contributed by atoms with E-state index in [1.807, 2.05) is 32.0 Å². The van der Waals surface area contributed by atoms with Crippen LogP contribution in [0.25, 0.3) is 0 Å². The zero-order valence-corrected chi connectivity index (χ0v) is 17.8. The maximum atomic E-state index is 12.5. The summed E-state index contributed by atoms with van der Waals surface area (Å²) in [6.07, 6.45) is 4.40. The van der Waals surface area contributed by atoms with Crippen LogP contribution < -0.4 is 4.74 Å². The lowest BCUT2D eigenvalue weighted by Gasteiger charge is -2.16. The third kappa shape index (κ3) is 4.85. The van der Waals surface area contributed by atoms with E-state index in [4.69, 9.17) is 14.0 Å². The van der Waals surface area contributed by atoms with Crippen molar-refractivity contribution in [2.45, 2.75) is 46.1 Å². The molecule has 0 bridgehead atoms.